The zero-order chi connectivity index (χ0) is 15.5. The van der Waals surface area contributed by atoms with Crippen LogP contribution in [0.25, 0.3) is 0 Å². The standard InChI is InChI=1S/C15H18Cl2F3N/c16-12-4-1-10(14(17)9-12)7-8-21-13-5-2-11(3-6-13)15(18,19)20/h1,4,9,11,13,21H,2-3,5-8H2. The molecule has 6 heteroatoms. The Labute approximate surface area is 132 Å². The van der Waals surface area contributed by atoms with Crippen LogP contribution < -0.4 is 5.32 Å². The van der Waals surface area contributed by atoms with E-state index in [0.29, 0.717) is 29.4 Å². The Morgan fingerprint density at radius 3 is 2.33 bits per heavy atom. The van der Waals surface area contributed by atoms with E-state index in [2.05, 4.69) is 5.32 Å². The smallest absolute Gasteiger partial charge is 0.314 e. The average Bonchev–Trinajstić information content (AvgIpc) is 2.41. The Morgan fingerprint density at radius 1 is 1.10 bits per heavy atom. The highest BCUT2D eigenvalue weighted by Crippen LogP contribution is 2.37. The van der Waals surface area contributed by atoms with E-state index < -0.39 is 12.1 Å². The number of hydrogen-bond acceptors (Lipinski definition) is 1. The molecule has 0 saturated heterocycles. The van der Waals surface area contributed by atoms with Crippen molar-refractivity contribution in [2.75, 3.05) is 6.54 Å². The first-order valence-corrected chi connectivity index (χ1v) is 7.86. The molecule has 1 aliphatic rings. The Kier molecular flexibility index (Phi) is 5.81. The summed E-state index contributed by atoms with van der Waals surface area (Å²) in [6.45, 7) is 0.711. The van der Waals surface area contributed by atoms with Crippen LogP contribution >= 0.6 is 23.2 Å². The summed E-state index contributed by atoms with van der Waals surface area (Å²) in [5.74, 6) is -1.12. The predicted octanol–water partition coefficient (Wildman–Crippen LogP) is 5.25. The van der Waals surface area contributed by atoms with E-state index in [-0.39, 0.29) is 18.9 Å². The van der Waals surface area contributed by atoms with Gasteiger partial charge in [-0.2, -0.15) is 13.2 Å². The molecule has 0 aromatic heterocycles. The number of nitrogens with one attached hydrogen (secondary N) is 1. The summed E-state index contributed by atoms with van der Waals surface area (Å²) < 4.78 is 37.7. The summed E-state index contributed by atoms with van der Waals surface area (Å²) in [6.07, 6.45) is -1.68. The van der Waals surface area contributed by atoms with Crippen LogP contribution in [0.5, 0.6) is 0 Å². The van der Waals surface area contributed by atoms with E-state index in [1.807, 2.05) is 6.07 Å². The number of rotatable bonds is 4. The molecule has 0 heterocycles. The molecule has 1 aliphatic carbocycles. The molecule has 0 atom stereocenters. The molecular formula is C15H18Cl2F3N. The lowest BCUT2D eigenvalue weighted by atomic mass is 9.85. The van der Waals surface area contributed by atoms with Gasteiger partial charge < -0.3 is 5.32 Å². The highest BCUT2D eigenvalue weighted by molar-refractivity contribution is 6.35. The van der Waals surface area contributed by atoms with E-state index >= 15 is 0 Å². The summed E-state index contributed by atoms with van der Waals surface area (Å²) in [5.41, 5.74) is 0.998. The zero-order valence-corrected chi connectivity index (χ0v) is 13.0. The normalized spacial score (nSPS) is 23.3. The topological polar surface area (TPSA) is 12.0 Å². The Bertz CT molecular complexity index is 468. The molecule has 1 aromatic carbocycles. The Morgan fingerprint density at radius 2 is 1.76 bits per heavy atom. The largest absolute Gasteiger partial charge is 0.391 e. The third kappa shape index (κ3) is 5.04. The summed E-state index contributed by atoms with van der Waals surface area (Å²) in [5, 5.41) is 4.55. The van der Waals surface area contributed by atoms with Gasteiger partial charge in [0.15, 0.2) is 0 Å². The summed E-state index contributed by atoms with van der Waals surface area (Å²) in [6, 6.07) is 5.55. The minimum Gasteiger partial charge on any atom is -0.314 e. The molecule has 1 saturated carbocycles. The lowest BCUT2D eigenvalue weighted by Crippen LogP contribution is -2.37. The van der Waals surface area contributed by atoms with Crippen molar-refractivity contribution >= 4 is 23.2 Å². The van der Waals surface area contributed by atoms with Crippen molar-refractivity contribution in [3.63, 3.8) is 0 Å². The average molecular weight is 340 g/mol. The van der Waals surface area contributed by atoms with Crippen molar-refractivity contribution in [2.45, 2.75) is 44.3 Å². The van der Waals surface area contributed by atoms with Gasteiger partial charge in [-0.1, -0.05) is 29.3 Å². The second kappa shape index (κ2) is 7.21. The van der Waals surface area contributed by atoms with Crippen LogP contribution in [0.4, 0.5) is 13.2 Å². The van der Waals surface area contributed by atoms with E-state index in [4.69, 9.17) is 23.2 Å². The number of hydrogen-bond donors (Lipinski definition) is 1. The fraction of sp³-hybridized carbons (Fsp3) is 0.600. The quantitative estimate of drug-likeness (QED) is 0.790. The molecule has 1 aromatic rings. The van der Waals surface area contributed by atoms with Gasteiger partial charge >= 0.3 is 6.18 Å². The van der Waals surface area contributed by atoms with E-state index in [1.54, 1.807) is 12.1 Å². The first-order chi connectivity index (χ1) is 9.86. The van der Waals surface area contributed by atoms with E-state index in [1.165, 1.54) is 0 Å². The first kappa shape index (κ1) is 16.9. The van der Waals surface area contributed by atoms with Crippen LogP contribution in [-0.4, -0.2) is 18.8 Å². The zero-order valence-electron chi connectivity index (χ0n) is 11.5. The van der Waals surface area contributed by atoms with Gasteiger partial charge in [0.1, 0.15) is 0 Å². The minimum absolute atomic E-state index is 0.176. The van der Waals surface area contributed by atoms with Gasteiger partial charge in [-0.15, -0.1) is 0 Å². The summed E-state index contributed by atoms with van der Waals surface area (Å²) >= 11 is 11.9. The second-order valence-electron chi connectivity index (χ2n) is 5.53. The fourth-order valence-corrected chi connectivity index (χ4v) is 3.26. The van der Waals surface area contributed by atoms with Gasteiger partial charge in [-0.05, 0) is 56.3 Å². The van der Waals surface area contributed by atoms with Gasteiger partial charge in [-0.3, -0.25) is 0 Å². The maximum atomic E-state index is 12.6. The van der Waals surface area contributed by atoms with Gasteiger partial charge in [0.05, 0.1) is 5.92 Å². The number of halogens is 5. The maximum Gasteiger partial charge on any atom is 0.391 e. The lowest BCUT2D eigenvalue weighted by molar-refractivity contribution is -0.182. The van der Waals surface area contributed by atoms with Crippen LogP contribution in [0.1, 0.15) is 31.2 Å². The molecule has 1 fully saturated rings. The Balaban J connectivity index is 1.73. The first-order valence-electron chi connectivity index (χ1n) is 7.10. The fourth-order valence-electron chi connectivity index (χ4n) is 2.76. The van der Waals surface area contributed by atoms with Crippen molar-refractivity contribution in [3.05, 3.63) is 33.8 Å². The summed E-state index contributed by atoms with van der Waals surface area (Å²) in [7, 11) is 0. The number of alkyl halides is 3. The van der Waals surface area contributed by atoms with Crippen molar-refractivity contribution in [3.8, 4) is 0 Å². The molecule has 0 radical (unpaired) electrons. The third-order valence-electron chi connectivity index (χ3n) is 4.03. The maximum absolute atomic E-state index is 12.6. The van der Waals surface area contributed by atoms with Crippen LogP contribution in [-0.2, 0) is 6.42 Å². The van der Waals surface area contributed by atoms with Crippen molar-refractivity contribution in [1.82, 2.24) is 5.32 Å². The molecular weight excluding hydrogens is 322 g/mol. The molecule has 0 unspecified atom stereocenters. The minimum atomic E-state index is -4.04. The molecule has 2 rings (SSSR count). The highest BCUT2D eigenvalue weighted by atomic mass is 35.5. The van der Waals surface area contributed by atoms with Crippen LogP contribution in [0.2, 0.25) is 10.0 Å². The third-order valence-corrected chi connectivity index (χ3v) is 4.62. The van der Waals surface area contributed by atoms with Crippen molar-refractivity contribution in [2.24, 2.45) is 5.92 Å². The van der Waals surface area contributed by atoms with Gasteiger partial charge in [0, 0.05) is 16.1 Å². The van der Waals surface area contributed by atoms with E-state index in [0.717, 1.165) is 12.0 Å². The molecule has 0 bridgehead atoms. The van der Waals surface area contributed by atoms with Crippen molar-refractivity contribution in [1.29, 1.82) is 0 Å². The van der Waals surface area contributed by atoms with Gasteiger partial charge in [0.25, 0.3) is 0 Å². The van der Waals surface area contributed by atoms with Crippen LogP contribution in [0, 0.1) is 5.92 Å². The monoisotopic (exact) mass is 339 g/mol. The molecule has 1 N–H and O–H groups in total. The van der Waals surface area contributed by atoms with Gasteiger partial charge in [-0.25, -0.2) is 0 Å². The molecule has 0 spiro atoms. The molecule has 1 nitrogen and oxygen atoms in total. The Hall–Kier alpha value is -0.450. The number of benzene rings is 1. The van der Waals surface area contributed by atoms with Crippen molar-refractivity contribution < 1.29 is 13.2 Å². The molecule has 21 heavy (non-hydrogen) atoms. The van der Waals surface area contributed by atoms with Gasteiger partial charge in [0.2, 0.25) is 0 Å². The van der Waals surface area contributed by atoms with Crippen LogP contribution in [0.3, 0.4) is 0 Å². The SMILES string of the molecule is FC(F)(F)C1CCC(NCCc2ccc(Cl)cc2Cl)CC1. The second-order valence-corrected chi connectivity index (χ2v) is 6.37. The molecule has 0 amide bonds. The van der Waals surface area contributed by atoms with E-state index in [9.17, 15) is 13.2 Å². The predicted molar refractivity (Wildman–Crippen MR) is 80.0 cm³/mol. The lowest BCUT2D eigenvalue weighted by Gasteiger charge is -2.30. The van der Waals surface area contributed by atoms with Crippen LogP contribution in [0.15, 0.2) is 18.2 Å². The highest BCUT2D eigenvalue weighted by Gasteiger charge is 2.41. The summed E-state index contributed by atoms with van der Waals surface area (Å²) in [4.78, 5) is 0. The molecule has 118 valence electrons. The molecule has 0 aliphatic heterocycles.